The molecule has 0 aromatic carbocycles. The summed E-state index contributed by atoms with van der Waals surface area (Å²) in [4.78, 5) is 32.1. The molecule has 236 valence electrons. The Labute approximate surface area is 252 Å². The third kappa shape index (κ3) is 19.1. The molecule has 0 heterocycles. The van der Waals surface area contributed by atoms with Crippen LogP contribution >= 0.6 is 0 Å². The molecule has 4 atom stereocenters. The molecule has 5 nitrogen and oxygen atoms in total. The van der Waals surface area contributed by atoms with Crippen molar-refractivity contribution in [1.29, 1.82) is 0 Å². The van der Waals surface area contributed by atoms with Crippen LogP contribution in [0, 0.1) is 28.6 Å². The number of unbranched alkanes of at least 4 members (excludes halogenated alkanes) is 15. The number of carboxylic acids is 1. The molecular weight excluding hydrogens is 510 g/mol. The van der Waals surface area contributed by atoms with Gasteiger partial charge >= 0.3 is 5.97 Å². The average Bonchev–Trinajstić information content (AvgIpc) is 2.97. The quantitative estimate of drug-likeness (QED) is 0.0601. The zero-order valence-electron chi connectivity index (χ0n) is 26.7. The van der Waals surface area contributed by atoms with Crippen LogP contribution in [0.15, 0.2) is 29.5 Å². The van der Waals surface area contributed by atoms with Gasteiger partial charge in [0.05, 0.1) is 0 Å². The van der Waals surface area contributed by atoms with Crippen molar-refractivity contribution in [2.75, 3.05) is 0 Å². The van der Waals surface area contributed by atoms with Gasteiger partial charge in [-0.05, 0) is 68.6 Å². The largest absolute Gasteiger partial charge is 0.481 e. The van der Waals surface area contributed by atoms with Crippen LogP contribution < -0.4 is 0 Å². The lowest BCUT2D eigenvalue weighted by Crippen LogP contribution is -2.30. The molecule has 0 saturated carbocycles. The Morgan fingerprint density at radius 1 is 0.659 bits per heavy atom. The maximum Gasteiger partial charge on any atom is 0.303 e. The number of hydrogen-bond acceptors (Lipinski definition) is 3. The van der Waals surface area contributed by atoms with E-state index in [-0.39, 0.29) is 0 Å². The first kappa shape index (κ1) is 37.2. The molecule has 0 saturated heterocycles. The third-order valence-electron chi connectivity index (χ3n) is 9.08. The molecule has 0 aromatic heterocycles. The van der Waals surface area contributed by atoms with Gasteiger partial charge in [-0.2, -0.15) is 0 Å². The minimum Gasteiger partial charge on any atom is -0.481 e. The van der Waals surface area contributed by atoms with Gasteiger partial charge in [0.2, 0.25) is 0 Å². The first-order valence-electron chi connectivity index (χ1n) is 17.5. The molecule has 0 bridgehead atoms. The van der Waals surface area contributed by atoms with Crippen molar-refractivity contribution in [2.45, 2.75) is 168 Å². The molecule has 0 spiro atoms. The van der Waals surface area contributed by atoms with E-state index >= 15 is 0 Å². The molecule has 1 amide bonds. The van der Waals surface area contributed by atoms with Crippen molar-refractivity contribution < 1.29 is 14.7 Å². The Balaban J connectivity index is 2.74. The molecule has 4 unspecified atom stereocenters. The highest BCUT2D eigenvalue weighted by atomic mass is 16.4. The van der Waals surface area contributed by atoms with Crippen LogP contribution in [-0.4, -0.2) is 17.0 Å². The van der Waals surface area contributed by atoms with Gasteiger partial charge in [-0.15, -0.1) is 4.91 Å². The lowest BCUT2D eigenvalue weighted by Gasteiger charge is -2.39. The maximum absolute atomic E-state index is 11.1. The number of hydrogen-bond donors (Lipinski definition) is 1. The van der Waals surface area contributed by atoms with Gasteiger partial charge in [0.15, 0.2) is 0 Å². The Morgan fingerprint density at radius 3 is 1.80 bits per heavy atom. The molecule has 0 aromatic rings. The molecule has 0 radical (unpaired) electrons. The van der Waals surface area contributed by atoms with E-state index in [0.717, 1.165) is 50.9 Å². The van der Waals surface area contributed by atoms with Crippen molar-refractivity contribution in [1.82, 2.24) is 0 Å². The topological polar surface area (TPSA) is 83.8 Å². The van der Waals surface area contributed by atoms with Gasteiger partial charge in [0.25, 0.3) is 5.91 Å². The predicted octanol–water partition coefficient (Wildman–Crippen LogP) is 11.4. The van der Waals surface area contributed by atoms with E-state index in [4.69, 9.17) is 5.11 Å². The number of rotatable bonds is 27. The summed E-state index contributed by atoms with van der Waals surface area (Å²) < 4.78 is 0. The minimum atomic E-state index is -0.680. The van der Waals surface area contributed by atoms with Crippen LogP contribution in [0.5, 0.6) is 0 Å². The molecule has 1 N–H and O–H groups in total. The molecular formula is C36H63NO4. The van der Waals surface area contributed by atoms with E-state index in [9.17, 15) is 14.5 Å². The fourth-order valence-corrected chi connectivity index (χ4v) is 6.62. The van der Waals surface area contributed by atoms with Crippen LogP contribution in [-0.2, 0) is 9.59 Å². The minimum absolute atomic E-state index is 0.295. The summed E-state index contributed by atoms with van der Waals surface area (Å²) in [7, 11) is 0. The van der Waals surface area contributed by atoms with Crippen LogP contribution in [0.3, 0.4) is 0 Å². The number of aliphatic carboxylic acids is 1. The Bertz CT molecular complexity index is 731. The first-order chi connectivity index (χ1) is 20.0. The number of nitroso groups, excluding NO2 is 1. The number of amides is 1. The Hall–Kier alpha value is -1.78. The third-order valence-corrected chi connectivity index (χ3v) is 9.08. The molecule has 5 heteroatoms. The molecule has 0 aliphatic heterocycles. The average molecular weight is 574 g/mol. The standard InChI is InChI=1S/C36H63NO4/c1-3-5-7-17-23-31-29-30-32(24-18-13-12-15-21-27-35(38)37-41)34(33(31)25-19-8-6-4-2)26-20-14-10-9-11-16-22-28-36(39)40/h20,26,29-34H,3-19,21-25,27-28H2,1-2H3,(H,39,40)/b26-20+. The van der Waals surface area contributed by atoms with Gasteiger partial charge in [0.1, 0.15) is 0 Å². The van der Waals surface area contributed by atoms with Gasteiger partial charge in [-0.25, -0.2) is 0 Å². The second-order valence-corrected chi connectivity index (χ2v) is 12.6. The summed E-state index contributed by atoms with van der Waals surface area (Å²) in [6.45, 7) is 4.59. The molecule has 41 heavy (non-hydrogen) atoms. The fraction of sp³-hybridized carbons (Fsp3) is 0.833. The summed E-state index contributed by atoms with van der Waals surface area (Å²) in [6, 6.07) is 0. The monoisotopic (exact) mass is 573 g/mol. The molecule has 0 fully saturated rings. The highest BCUT2D eigenvalue weighted by molar-refractivity contribution is 5.76. The lowest BCUT2D eigenvalue weighted by molar-refractivity contribution is -0.137. The van der Waals surface area contributed by atoms with Gasteiger partial charge in [-0.1, -0.05) is 134 Å². The van der Waals surface area contributed by atoms with Crippen molar-refractivity contribution in [2.24, 2.45) is 28.8 Å². The number of carboxylic acid groups (broad SMARTS) is 1. The van der Waals surface area contributed by atoms with E-state index in [1.54, 1.807) is 0 Å². The second kappa shape index (κ2) is 25.9. The zero-order chi connectivity index (χ0) is 30.0. The molecule has 1 rings (SSSR count). The first-order valence-corrected chi connectivity index (χ1v) is 17.5. The normalized spacial score (nSPS) is 20.5. The Kier molecular flexibility index (Phi) is 23.5. The van der Waals surface area contributed by atoms with Crippen molar-refractivity contribution in [3.05, 3.63) is 29.2 Å². The van der Waals surface area contributed by atoms with E-state index in [1.165, 1.54) is 96.3 Å². The predicted molar refractivity (Wildman–Crippen MR) is 173 cm³/mol. The lowest BCUT2D eigenvalue weighted by atomic mass is 9.66. The number of nitrogens with zero attached hydrogens (tertiary/aromatic N) is 1. The highest BCUT2D eigenvalue weighted by Gasteiger charge is 2.33. The van der Waals surface area contributed by atoms with Gasteiger partial charge in [-0.3, -0.25) is 9.59 Å². The van der Waals surface area contributed by atoms with Gasteiger partial charge in [0, 0.05) is 18.0 Å². The summed E-state index contributed by atoms with van der Waals surface area (Å²) in [5, 5.41) is 11.3. The van der Waals surface area contributed by atoms with Crippen LogP contribution in [0.1, 0.15) is 168 Å². The summed E-state index contributed by atoms with van der Waals surface area (Å²) >= 11 is 0. The Morgan fingerprint density at radius 2 is 1.17 bits per heavy atom. The van der Waals surface area contributed by atoms with E-state index in [1.807, 2.05) is 0 Å². The van der Waals surface area contributed by atoms with Crippen LogP contribution in [0.25, 0.3) is 0 Å². The fourth-order valence-electron chi connectivity index (χ4n) is 6.62. The summed E-state index contributed by atoms with van der Waals surface area (Å²) in [5.74, 6) is 1.51. The summed E-state index contributed by atoms with van der Waals surface area (Å²) in [5.41, 5.74) is 0. The van der Waals surface area contributed by atoms with E-state index < -0.39 is 11.9 Å². The maximum atomic E-state index is 11.1. The second-order valence-electron chi connectivity index (χ2n) is 12.6. The highest BCUT2D eigenvalue weighted by Crippen LogP contribution is 2.43. The van der Waals surface area contributed by atoms with E-state index in [2.05, 4.69) is 43.3 Å². The van der Waals surface area contributed by atoms with Gasteiger partial charge < -0.3 is 5.11 Å². The number of carbonyl (C=O) groups excluding carboxylic acids is 1. The SMILES string of the molecule is CCCCCCC1C=CC(CCCCCCCC(=O)N=O)C(/C=C/CCCCCCCC(=O)O)C1CCCCCC. The zero-order valence-corrected chi connectivity index (χ0v) is 26.7. The molecule has 1 aliphatic carbocycles. The van der Waals surface area contributed by atoms with Crippen molar-refractivity contribution >= 4 is 11.9 Å². The number of allylic oxidation sites excluding steroid dienone is 4. The van der Waals surface area contributed by atoms with Crippen LogP contribution in [0.2, 0.25) is 0 Å². The molecule has 1 aliphatic rings. The summed E-state index contributed by atoms with van der Waals surface area (Å²) in [6.07, 6.45) is 37.2. The smallest absolute Gasteiger partial charge is 0.303 e. The van der Waals surface area contributed by atoms with E-state index in [0.29, 0.717) is 30.6 Å². The number of carbonyl (C=O) groups is 2. The van der Waals surface area contributed by atoms with Crippen molar-refractivity contribution in [3.8, 4) is 0 Å². The van der Waals surface area contributed by atoms with Crippen LogP contribution in [0.4, 0.5) is 0 Å². The van der Waals surface area contributed by atoms with Crippen molar-refractivity contribution in [3.63, 3.8) is 0 Å².